The molecule has 5 nitrogen and oxygen atoms in total. The highest BCUT2D eigenvalue weighted by Crippen LogP contribution is 2.63. The van der Waals surface area contributed by atoms with E-state index in [1.807, 2.05) is 30.3 Å². The van der Waals surface area contributed by atoms with Crippen molar-refractivity contribution in [3.8, 4) is 78.9 Å². The van der Waals surface area contributed by atoms with Crippen molar-refractivity contribution in [2.75, 3.05) is 0 Å². The largest absolute Gasteiger partial charge is 0.299 e. The fourth-order valence-corrected chi connectivity index (χ4v) is 10.3. The molecule has 0 amide bonds. The van der Waals surface area contributed by atoms with Crippen LogP contribution in [-0.2, 0) is 5.41 Å². The second-order valence-electron chi connectivity index (χ2n) is 16.1. The number of pyridine rings is 1. The Morgan fingerprint density at radius 3 is 1.58 bits per heavy atom. The first-order valence-electron chi connectivity index (χ1n) is 21.1. The molecular weight excluding hydrogens is 755 g/mol. The first-order chi connectivity index (χ1) is 30.8. The third-order valence-corrected chi connectivity index (χ3v) is 12.9. The molecule has 0 saturated heterocycles. The van der Waals surface area contributed by atoms with Crippen LogP contribution in [0.5, 0.6) is 0 Å². The molecule has 62 heavy (non-hydrogen) atoms. The highest BCUT2D eigenvalue weighted by atomic mass is 15.0. The van der Waals surface area contributed by atoms with Gasteiger partial charge in [-0.3, -0.25) is 4.40 Å². The van der Waals surface area contributed by atoms with Crippen LogP contribution in [-0.4, -0.2) is 24.3 Å². The summed E-state index contributed by atoms with van der Waals surface area (Å²) in [5.74, 6) is 1.82. The summed E-state index contributed by atoms with van der Waals surface area (Å²) >= 11 is 0. The van der Waals surface area contributed by atoms with Crippen LogP contribution in [0.1, 0.15) is 22.3 Å². The average molecular weight is 790 g/mol. The van der Waals surface area contributed by atoms with E-state index in [9.17, 15) is 0 Å². The summed E-state index contributed by atoms with van der Waals surface area (Å²) in [6.45, 7) is 0. The Hall–Kier alpha value is -8.28. The van der Waals surface area contributed by atoms with Crippen molar-refractivity contribution >= 4 is 16.4 Å². The number of hydrogen-bond donors (Lipinski definition) is 0. The van der Waals surface area contributed by atoms with Crippen LogP contribution in [0, 0.1) is 0 Å². The number of rotatable bonds is 5. The van der Waals surface area contributed by atoms with E-state index in [0.717, 1.165) is 55.6 Å². The third kappa shape index (κ3) is 4.90. The molecule has 11 aromatic rings. The molecule has 0 radical (unpaired) electrons. The van der Waals surface area contributed by atoms with Crippen molar-refractivity contribution in [3.63, 3.8) is 0 Å². The van der Waals surface area contributed by atoms with Gasteiger partial charge >= 0.3 is 0 Å². The number of imidazole rings is 1. The molecule has 0 N–H and O–H groups in total. The van der Waals surface area contributed by atoms with Crippen LogP contribution in [0.4, 0.5) is 0 Å². The lowest BCUT2D eigenvalue weighted by molar-refractivity contribution is 0.794. The second kappa shape index (κ2) is 13.4. The van der Waals surface area contributed by atoms with Gasteiger partial charge in [0.1, 0.15) is 5.65 Å². The molecule has 2 aliphatic carbocycles. The van der Waals surface area contributed by atoms with E-state index in [2.05, 4.69) is 187 Å². The Balaban J connectivity index is 1.10. The molecule has 0 fully saturated rings. The Kier molecular flexibility index (Phi) is 7.45. The molecule has 5 heteroatoms. The Labute approximate surface area is 358 Å². The van der Waals surface area contributed by atoms with Gasteiger partial charge < -0.3 is 0 Å². The van der Waals surface area contributed by atoms with E-state index in [0.29, 0.717) is 17.5 Å². The summed E-state index contributed by atoms with van der Waals surface area (Å²) in [5.41, 5.74) is 17.2. The van der Waals surface area contributed by atoms with Crippen LogP contribution in [0.3, 0.4) is 0 Å². The zero-order valence-electron chi connectivity index (χ0n) is 33.4. The maximum Gasteiger partial charge on any atom is 0.165 e. The maximum absolute atomic E-state index is 5.53. The fraction of sp³-hybridized carbons (Fsp3) is 0.0175. The smallest absolute Gasteiger partial charge is 0.165 e. The lowest BCUT2D eigenvalue weighted by atomic mass is 9.70. The van der Waals surface area contributed by atoms with Gasteiger partial charge in [0.15, 0.2) is 17.5 Å². The summed E-state index contributed by atoms with van der Waals surface area (Å²) in [5, 5.41) is 2.15. The van der Waals surface area contributed by atoms with Gasteiger partial charge in [0.25, 0.3) is 0 Å². The molecular formula is C57H35N5. The van der Waals surface area contributed by atoms with Gasteiger partial charge in [-0.1, -0.05) is 188 Å². The fourth-order valence-electron chi connectivity index (χ4n) is 10.3. The van der Waals surface area contributed by atoms with Gasteiger partial charge in [-0.2, -0.15) is 0 Å². The predicted octanol–water partition coefficient (Wildman–Crippen LogP) is 13.4. The Morgan fingerprint density at radius 2 is 0.887 bits per heavy atom. The van der Waals surface area contributed by atoms with E-state index >= 15 is 0 Å². The van der Waals surface area contributed by atoms with Crippen molar-refractivity contribution < 1.29 is 0 Å². The van der Waals surface area contributed by atoms with E-state index < -0.39 is 5.41 Å². The second-order valence-corrected chi connectivity index (χ2v) is 16.1. The molecule has 8 aromatic carbocycles. The summed E-state index contributed by atoms with van der Waals surface area (Å²) in [6, 6.07) is 73.3. The van der Waals surface area contributed by atoms with Gasteiger partial charge in [0, 0.05) is 34.0 Å². The Bertz CT molecular complexity index is 3530. The highest BCUT2D eigenvalue weighted by Gasteiger charge is 2.51. The topological polar surface area (TPSA) is 56.0 Å². The number of benzene rings is 8. The van der Waals surface area contributed by atoms with Gasteiger partial charge in [0.05, 0.1) is 16.8 Å². The maximum atomic E-state index is 5.53. The SMILES string of the molecule is c1ccc(-c2nc(-c3ccc4c(c3)C3(c5ccccc5-c5ccccc53)c3ccccc3-4)nc(-c3c(-c4c(-c5ccccc5)nc5ccccn45)ccc4ccccc34)n2)cc1. The lowest BCUT2D eigenvalue weighted by Crippen LogP contribution is -2.25. The molecule has 3 aromatic heterocycles. The van der Waals surface area contributed by atoms with Crippen LogP contribution in [0.2, 0.25) is 0 Å². The van der Waals surface area contributed by atoms with Crippen LogP contribution in [0.15, 0.2) is 212 Å². The summed E-state index contributed by atoms with van der Waals surface area (Å²) < 4.78 is 2.19. The molecule has 0 atom stereocenters. The van der Waals surface area contributed by atoms with Crippen molar-refractivity contribution in [1.29, 1.82) is 0 Å². The van der Waals surface area contributed by atoms with Gasteiger partial charge in [-0.25, -0.2) is 19.9 Å². The minimum absolute atomic E-state index is 0.493. The van der Waals surface area contributed by atoms with E-state index in [1.54, 1.807) is 0 Å². The predicted molar refractivity (Wildman–Crippen MR) is 250 cm³/mol. The molecule has 0 bridgehead atoms. The number of nitrogens with zero attached hydrogens (tertiary/aromatic N) is 5. The number of aromatic nitrogens is 5. The minimum atomic E-state index is -0.493. The van der Waals surface area contributed by atoms with Crippen molar-refractivity contribution in [3.05, 3.63) is 235 Å². The number of fused-ring (bicyclic) bond motifs is 12. The zero-order valence-corrected chi connectivity index (χ0v) is 33.4. The molecule has 0 saturated carbocycles. The molecule has 3 heterocycles. The van der Waals surface area contributed by atoms with E-state index in [-0.39, 0.29) is 0 Å². The van der Waals surface area contributed by atoms with Gasteiger partial charge in [-0.05, 0) is 73.5 Å². The third-order valence-electron chi connectivity index (χ3n) is 12.9. The van der Waals surface area contributed by atoms with Crippen LogP contribution < -0.4 is 0 Å². The minimum Gasteiger partial charge on any atom is -0.299 e. The quantitative estimate of drug-likeness (QED) is 0.174. The first kappa shape index (κ1) is 34.6. The standard InChI is InChI=1S/C57H35N5/c1-3-18-37(19-4-1)52-53(62-34-16-15-29-50(62)58-52)45-33-30-36-17-7-8-22-40(36)51(45)56-60-54(38-20-5-2-6-21-38)59-55(61-56)39-31-32-44-43-25-11-14-28-48(43)57(49(44)35-39)46-26-12-9-23-41(46)42-24-10-13-27-47(42)57/h1-35H. The first-order valence-corrected chi connectivity index (χ1v) is 21.1. The van der Waals surface area contributed by atoms with Crippen LogP contribution in [0.25, 0.3) is 95.4 Å². The van der Waals surface area contributed by atoms with Gasteiger partial charge in [-0.15, -0.1) is 0 Å². The molecule has 13 rings (SSSR count). The van der Waals surface area contributed by atoms with Crippen molar-refractivity contribution in [1.82, 2.24) is 24.3 Å². The van der Waals surface area contributed by atoms with Gasteiger partial charge in [0.2, 0.25) is 0 Å². The summed E-state index contributed by atoms with van der Waals surface area (Å²) in [4.78, 5) is 21.5. The lowest BCUT2D eigenvalue weighted by Gasteiger charge is -2.30. The van der Waals surface area contributed by atoms with E-state index in [1.165, 1.54) is 44.5 Å². The van der Waals surface area contributed by atoms with E-state index in [4.69, 9.17) is 19.9 Å². The molecule has 0 unspecified atom stereocenters. The van der Waals surface area contributed by atoms with Crippen LogP contribution >= 0.6 is 0 Å². The monoisotopic (exact) mass is 789 g/mol. The molecule has 1 spiro atoms. The summed E-state index contributed by atoms with van der Waals surface area (Å²) in [7, 11) is 0. The molecule has 288 valence electrons. The Morgan fingerprint density at radius 1 is 0.355 bits per heavy atom. The van der Waals surface area contributed by atoms with Crippen molar-refractivity contribution in [2.24, 2.45) is 0 Å². The van der Waals surface area contributed by atoms with Crippen molar-refractivity contribution in [2.45, 2.75) is 5.41 Å². The molecule has 0 aliphatic heterocycles. The highest BCUT2D eigenvalue weighted by molar-refractivity contribution is 6.05. The summed E-state index contributed by atoms with van der Waals surface area (Å²) in [6.07, 6.45) is 2.09. The zero-order chi connectivity index (χ0) is 40.8. The normalized spacial score (nSPS) is 13.0. The molecule has 2 aliphatic rings. The number of hydrogen-bond acceptors (Lipinski definition) is 4. The average Bonchev–Trinajstić information content (AvgIpc) is 3.98.